The summed E-state index contributed by atoms with van der Waals surface area (Å²) in [5, 5.41) is 0.306. The lowest BCUT2D eigenvalue weighted by Crippen LogP contribution is -2.11. The van der Waals surface area contributed by atoms with Gasteiger partial charge in [-0.1, -0.05) is 31.5 Å². The molecule has 0 saturated heterocycles. The molecule has 2 aromatic heterocycles. The molecule has 3 aromatic rings. The molecule has 0 atom stereocenters. The van der Waals surface area contributed by atoms with E-state index in [0.717, 1.165) is 7.11 Å². The van der Waals surface area contributed by atoms with Crippen LogP contribution in [0.15, 0.2) is 24.4 Å². The Morgan fingerprint density at radius 2 is 2.00 bits per heavy atom. The van der Waals surface area contributed by atoms with Crippen LogP contribution in [0.5, 0.6) is 0 Å². The average molecular weight is 394 g/mol. The van der Waals surface area contributed by atoms with Crippen molar-refractivity contribution in [2.24, 2.45) is 5.92 Å². The molecule has 3 rings (SSSR count). The Morgan fingerprint density at radius 3 is 2.63 bits per heavy atom. The van der Waals surface area contributed by atoms with E-state index in [-0.39, 0.29) is 22.2 Å². The minimum Gasteiger partial charge on any atom is -0.464 e. The number of fused-ring (bicyclic) bond motifs is 1. The second-order valence-corrected chi connectivity index (χ2v) is 6.95. The molecule has 0 amide bonds. The summed E-state index contributed by atoms with van der Waals surface area (Å²) >= 11 is 5.91. The van der Waals surface area contributed by atoms with Crippen LogP contribution in [-0.2, 0) is 11.3 Å². The minimum atomic E-state index is -0.993. The highest BCUT2D eigenvalue weighted by atomic mass is 35.5. The third-order valence-corrected chi connectivity index (χ3v) is 4.56. The number of hydrogen-bond acceptors (Lipinski definition) is 4. The third-order valence-electron chi connectivity index (χ3n) is 4.18. The molecule has 0 bridgehead atoms. The first kappa shape index (κ1) is 19.1. The number of benzene rings is 1. The number of pyridine rings is 1. The quantitative estimate of drug-likeness (QED) is 0.654. The Bertz CT molecular complexity index is 1050. The van der Waals surface area contributed by atoms with Crippen LogP contribution in [0.25, 0.3) is 22.2 Å². The average Bonchev–Trinajstić information content (AvgIpc) is 3.03. The third kappa shape index (κ3) is 3.23. The van der Waals surface area contributed by atoms with E-state index >= 15 is 4.39 Å². The fraction of sp³-hybridized carbons (Fsp3) is 0.263. The van der Waals surface area contributed by atoms with Crippen LogP contribution in [0.1, 0.15) is 24.3 Å². The van der Waals surface area contributed by atoms with Crippen LogP contribution in [-0.4, -0.2) is 22.6 Å². The summed E-state index contributed by atoms with van der Waals surface area (Å²) in [6, 6.07) is 4.84. The van der Waals surface area contributed by atoms with Gasteiger partial charge < -0.3 is 15.0 Å². The van der Waals surface area contributed by atoms with Crippen LogP contribution < -0.4 is 5.73 Å². The van der Waals surface area contributed by atoms with Crippen molar-refractivity contribution < 1.29 is 18.3 Å². The summed E-state index contributed by atoms with van der Waals surface area (Å²) in [7, 11) is 1.13. The summed E-state index contributed by atoms with van der Waals surface area (Å²) in [5.41, 5.74) is 4.63. The molecule has 0 aliphatic carbocycles. The van der Waals surface area contributed by atoms with Gasteiger partial charge in [-0.2, -0.15) is 0 Å². The standard InChI is InChI=1S/C19H18ClF2N3O2/c1-9(2)8-25-7-6-10-4-5-11(13(21)18(10)25)16-14(22)15(23)12(20)17(24-16)19(26)27-3/h4-7,9H,8H2,1-3H3,(H2,23,24). The van der Waals surface area contributed by atoms with Crippen LogP contribution in [0, 0.1) is 17.6 Å². The van der Waals surface area contributed by atoms with Gasteiger partial charge in [0.25, 0.3) is 0 Å². The van der Waals surface area contributed by atoms with Crippen molar-refractivity contribution in [1.82, 2.24) is 9.55 Å². The molecule has 5 nitrogen and oxygen atoms in total. The minimum absolute atomic E-state index is 0.114. The Kier molecular flexibility index (Phi) is 5.06. The van der Waals surface area contributed by atoms with Gasteiger partial charge in [0, 0.05) is 23.7 Å². The molecular weight excluding hydrogens is 376 g/mol. The zero-order valence-corrected chi connectivity index (χ0v) is 15.8. The number of nitrogens with zero attached hydrogens (tertiary/aromatic N) is 2. The van der Waals surface area contributed by atoms with Crippen molar-refractivity contribution in [3.05, 3.63) is 46.7 Å². The molecule has 2 heterocycles. The molecule has 142 valence electrons. The molecular formula is C19H18ClF2N3O2. The summed E-state index contributed by atoms with van der Waals surface area (Å²) < 4.78 is 36.4. The Hall–Kier alpha value is -2.67. The predicted octanol–water partition coefficient (Wildman–Crippen LogP) is 4.66. The van der Waals surface area contributed by atoms with Gasteiger partial charge in [-0.15, -0.1) is 0 Å². The van der Waals surface area contributed by atoms with Gasteiger partial charge in [0.2, 0.25) is 0 Å². The first-order valence-electron chi connectivity index (χ1n) is 8.26. The summed E-state index contributed by atoms with van der Waals surface area (Å²) in [5.74, 6) is -2.25. The Labute approximate surface area is 159 Å². The number of esters is 1. The van der Waals surface area contributed by atoms with Crippen LogP contribution in [0.4, 0.5) is 14.5 Å². The molecule has 2 N–H and O–H groups in total. The van der Waals surface area contributed by atoms with E-state index in [1.165, 1.54) is 6.07 Å². The first-order chi connectivity index (χ1) is 12.8. The number of methoxy groups -OCH3 is 1. The fourth-order valence-corrected chi connectivity index (χ4v) is 3.15. The summed E-state index contributed by atoms with van der Waals surface area (Å²) in [6.45, 7) is 4.62. The second-order valence-electron chi connectivity index (χ2n) is 6.57. The topological polar surface area (TPSA) is 70.1 Å². The van der Waals surface area contributed by atoms with E-state index in [4.69, 9.17) is 17.3 Å². The van der Waals surface area contributed by atoms with E-state index in [2.05, 4.69) is 9.72 Å². The maximum absolute atomic E-state index is 15.3. The highest BCUT2D eigenvalue weighted by Gasteiger charge is 2.25. The van der Waals surface area contributed by atoms with Crippen molar-refractivity contribution >= 4 is 34.2 Å². The van der Waals surface area contributed by atoms with Gasteiger partial charge in [0.15, 0.2) is 17.3 Å². The molecule has 0 saturated carbocycles. The van der Waals surface area contributed by atoms with E-state index in [0.29, 0.717) is 17.4 Å². The number of carbonyl (C=O) groups is 1. The van der Waals surface area contributed by atoms with Crippen molar-refractivity contribution in [2.75, 3.05) is 12.8 Å². The van der Waals surface area contributed by atoms with Crippen molar-refractivity contribution in [1.29, 1.82) is 0 Å². The summed E-state index contributed by atoms with van der Waals surface area (Å²) in [4.78, 5) is 15.8. The molecule has 8 heteroatoms. The molecule has 0 fully saturated rings. The molecule has 1 aromatic carbocycles. The number of ether oxygens (including phenoxy) is 1. The van der Waals surface area contributed by atoms with Gasteiger partial charge >= 0.3 is 5.97 Å². The van der Waals surface area contributed by atoms with Crippen LogP contribution in [0.3, 0.4) is 0 Å². The molecule has 0 aliphatic rings. The molecule has 27 heavy (non-hydrogen) atoms. The lowest BCUT2D eigenvalue weighted by Gasteiger charge is -2.13. The SMILES string of the molecule is COC(=O)c1nc(-c2ccc3ccn(CC(C)C)c3c2F)c(F)c(N)c1Cl. The summed E-state index contributed by atoms with van der Waals surface area (Å²) in [6.07, 6.45) is 1.78. The van der Waals surface area contributed by atoms with Crippen molar-refractivity contribution in [3.63, 3.8) is 0 Å². The molecule has 0 unspecified atom stereocenters. The maximum Gasteiger partial charge on any atom is 0.358 e. The van der Waals surface area contributed by atoms with E-state index in [1.807, 2.05) is 13.8 Å². The molecule has 0 radical (unpaired) electrons. The second kappa shape index (κ2) is 7.15. The predicted molar refractivity (Wildman–Crippen MR) is 101 cm³/mol. The zero-order chi connectivity index (χ0) is 19.9. The number of nitrogens with two attached hydrogens (primary N) is 1. The highest BCUT2D eigenvalue weighted by Crippen LogP contribution is 2.35. The number of aromatic nitrogens is 2. The van der Waals surface area contributed by atoms with Crippen molar-refractivity contribution in [3.8, 4) is 11.3 Å². The van der Waals surface area contributed by atoms with E-state index in [1.54, 1.807) is 22.9 Å². The normalized spacial score (nSPS) is 11.4. The highest BCUT2D eigenvalue weighted by molar-refractivity contribution is 6.35. The van der Waals surface area contributed by atoms with E-state index < -0.39 is 29.0 Å². The van der Waals surface area contributed by atoms with Crippen LogP contribution in [0.2, 0.25) is 5.02 Å². The smallest absolute Gasteiger partial charge is 0.358 e. The monoisotopic (exact) mass is 393 g/mol. The number of nitrogen functional groups attached to an aromatic ring is 1. The maximum atomic E-state index is 15.3. The van der Waals surface area contributed by atoms with Crippen LogP contribution >= 0.6 is 11.6 Å². The van der Waals surface area contributed by atoms with Gasteiger partial charge in [-0.25, -0.2) is 18.6 Å². The number of halogens is 3. The number of rotatable bonds is 4. The number of carbonyl (C=O) groups excluding carboxylic acids is 1. The first-order valence-corrected chi connectivity index (χ1v) is 8.64. The fourth-order valence-electron chi connectivity index (χ4n) is 2.95. The van der Waals surface area contributed by atoms with E-state index in [9.17, 15) is 9.18 Å². The van der Waals surface area contributed by atoms with Gasteiger partial charge in [-0.3, -0.25) is 0 Å². The molecule has 0 spiro atoms. The van der Waals surface area contributed by atoms with Gasteiger partial charge in [0.1, 0.15) is 5.69 Å². The number of hydrogen-bond donors (Lipinski definition) is 1. The zero-order valence-electron chi connectivity index (χ0n) is 15.0. The largest absolute Gasteiger partial charge is 0.464 e. The lowest BCUT2D eigenvalue weighted by molar-refractivity contribution is 0.0594. The Balaban J connectivity index is 2.28. The molecule has 0 aliphatic heterocycles. The van der Waals surface area contributed by atoms with Crippen molar-refractivity contribution in [2.45, 2.75) is 20.4 Å². The number of anilines is 1. The van der Waals surface area contributed by atoms with Gasteiger partial charge in [-0.05, 0) is 18.1 Å². The Morgan fingerprint density at radius 1 is 1.30 bits per heavy atom. The van der Waals surface area contributed by atoms with Gasteiger partial charge in [0.05, 0.1) is 23.3 Å². The lowest BCUT2D eigenvalue weighted by atomic mass is 10.1.